The van der Waals surface area contributed by atoms with E-state index in [0.717, 1.165) is 31.4 Å². The van der Waals surface area contributed by atoms with Crippen LogP contribution in [0.2, 0.25) is 5.15 Å². The molecule has 0 bridgehead atoms. The van der Waals surface area contributed by atoms with Gasteiger partial charge in [-0.3, -0.25) is 0 Å². The fourth-order valence-corrected chi connectivity index (χ4v) is 2.98. The van der Waals surface area contributed by atoms with E-state index in [9.17, 15) is 5.11 Å². The van der Waals surface area contributed by atoms with Crippen LogP contribution in [0.3, 0.4) is 0 Å². The summed E-state index contributed by atoms with van der Waals surface area (Å²) >= 11 is 8.11. The van der Waals surface area contributed by atoms with Gasteiger partial charge in [-0.25, -0.2) is 4.98 Å². The van der Waals surface area contributed by atoms with Crippen LogP contribution in [-0.4, -0.2) is 22.7 Å². The molecule has 1 unspecified atom stereocenters. The molecule has 2 rings (SSSR count). The van der Waals surface area contributed by atoms with E-state index in [0.29, 0.717) is 5.15 Å². The first kappa shape index (κ1) is 18.6. The Morgan fingerprint density at radius 3 is 2.57 bits per heavy atom. The normalized spacial score (nSPS) is 13.7. The SMILES string of the molecule is CCC(NCCCc1ccc(I)cc1)[C@H](O)c1ccc(Cl)nc1. The second-order valence-electron chi connectivity index (χ2n) is 5.56. The molecule has 0 fully saturated rings. The number of nitrogens with one attached hydrogen (secondary N) is 1. The maximum Gasteiger partial charge on any atom is 0.129 e. The Balaban J connectivity index is 1.80. The van der Waals surface area contributed by atoms with E-state index in [1.807, 2.05) is 6.07 Å². The van der Waals surface area contributed by atoms with Crippen LogP contribution >= 0.6 is 34.2 Å². The third-order valence-corrected chi connectivity index (χ3v) is 4.82. The number of rotatable bonds is 8. The minimum absolute atomic E-state index is 0.0229. The summed E-state index contributed by atoms with van der Waals surface area (Å²) < 4.78 is 1.26. The predicted octanol–water partition coefficient (Wildman–Crippen LogP) is 4.37. The van der Waals surface area contributed by atoms with E-state index in [1.54, 1.807) is 12.3 Å². The molecule has 0 radical (unpaired) electrons. The van der Waals surface area contributed by atoms with E-state index >= 15 is 0 Å². The zero-order valence-electron chi connectivity index (χ0n) is 13.2. The van der Waals surface area contributed by atoms with Crippen LogP contribution in [0.25, 0.3) is 0 Å². The third kappa shape index (κ3) is 6.03. The lowest BCUT2D eigenvalue weighted by Gasteiger charge is -2.23. The predicted molar refractivity (Wildman–Crippen MR) is 104 cm³/mol. The summed E-state index contributed by atoms with van der Waals surface area (Å²) in [6.45, 7) is 2.95. The highest BCUT2D eigenvalue weighted by Gasteiger charge is 2.18. The number of nitrogens with zero attached hydrogens (tertiary/aromatic N) is 1. The molecule has 2 atom stereocenters. The highest BCUT2D eigenvalue weighted by molar-refractivity contribution is 14.1. The van der Waals surface area contributed by atoms with Crippen LogP contribution in [-0.2, 0) is 6.42 Å². The average Bonchev–Trinajstić information content (AvgIpc) is 2.57. The first-order valence-electron chi connectivity index (χ1n) is 7.87. The number of benzene rings is 1. The number of pyridine rings is 1. The van der Waals surface area contributed by atoms with Crippen molar-refractivity contribution in [2.45, 2.75) is 38.3 Å². The van der Waals surface area contributed by atoms with Crippen LogP contribution in [0, 0.1) is 3.57 Å². The van der Waals surface area contributed by atoms with Crippen LogP contribution in [0.15, 0.2) is 42.6 Å². The van der Waals surface area contributed by atoms with Crippen molar-refractivity contribution in [1.29, 1.82) is 0 Å². The molecule has 0 aliphatic rings. The Hall–Kier alpha value is -0.690. The van der Waals surface area contributed by atoms with E-state index in [2.05, 4.69) is 64.1 Å². The number of halogens is 2. The topological polar surface area (TPSA) is 45.1 Å². The number of aliphatic hydroxyl groups is 1. The zero-order valence-corrected chi connectivity index (χ0v) is 16.1. The fourth-order valence-electron chi connectivity index (χ4n) is 2.50. The van der Waals surface area contributed by atoms with Crippen LogP contribution in [0.5, 0.6) is 0 Å². The first-order chi connectivity index (χ1) is 11.1. The first-order valence-corrected chi connectivity index (χ1v) is 9.33. The number of aryl methyl sites for hydroxylation is 1. The molecule has 1 aromatic heterocycles. The molecule has 2 aromatic rings. The summed E-state index contributed by atoms with van der Waals surface area (Å²) in [5.74, 6) is 0. The van der Waals surface area contributed by atoms with Crippen molar-refractivity contribution in [2.75, 3.05) is 6.54 Å². The maximum atomic E-state index is 10.5. The largest absolute Gasteiger partial charge is 0.387 e. The van der Waals surface area contributed by atoms with E-state index in [4.69, 9.17) is 11.6 Å². The second-order valence-corrected chi connectivity index (χ2v) is 7.19. The maximum absolute atomic E-state index is 10.5. The van der Waals surface area contributed by atoms with E-state index < -0.39 is 6.10 Å². The summed E-state index contributed by atoms with van der Waals surface area (Å²) in [5, 5.41) is 14.4. The standard InChI is InChI=1S/C18H22ClIN2O/c1-2-16(18(23)14-7-10-17(19)22-12-14)21-11-3-4-13-5-8-15(20)9-6-13/h5-10,12,16,18,21,23H,2-4,11H2,1H3/t16?,18-/m1/s1. The highest BCUT2D eigenvalue weighted by Crippen LogP contribution is 2.19. The quantitative estimate of drug-likeness (QED) is 0.361. The number of aliphatic hydroxyl groups excluding tert-OH is 1. The van der Waals surface area contributed by atoms with Gasteiger partial charge in [-0.1, -0.05) is 36.7 Å². The van der Waals surface area contributed by atoms with Gasteiger partial charge in [0.05, 0.1) is 6.10 Å². The molecule has 5 heteroatoms. The molecule has 3 nitrogen and oxygen atoms in total. The van der Waals surface area contributed by atoms with Crippen molar-refractivity contribution in [3.05, 3.63) is 62.4 Å². The number of hydrogen-bond donors (Lipinski definition) is 2. The molecule has 2 N–H and O–H groups in total. The minimum atomic E-state index is -0.567. The Bertz CT molecular complexity index is 589. The van der Waals surface area contributed by atoms with Gasteiger partial charge in [-0.15, -0.1) is 0 Å². The summed E-state index contributed by atoms with van der Waals surface area (Å²) in [4.78, 5) is 4.04. The monoisotopic (exact) mass is 444 g/mol. The van der Waals surface area contributed by atoms with Gasteiger partial charge in [0.15, 0.2) is 0 Å². The molecular formula is C18H22ClIN2O. The van der Waals surface area contributed by atoms with Crippen LogP contribution < -0.4 is 5.32 Å². The summed E-state index contributed by atoms with van der Waals surface area (Å²) in [6.07, 6.45) is 4.01. The fraction of sp³-hybridized carbons (Fsp3) is 0.389. The van der Waals surface area contributed by atoms with Crippen molar-refractivity contribution in [1.82, 2.24) is 10.3 Å². The summed E-state index contributed by atoms with van der Waals surface area (Å²) in [5.41, 5.74) is 2.15. The lowest BCUT2D eigenvalue weighted by molar-refractivity contribution is 0.125. The second kappa shape index (κ2) is 9.57. The van der Waals surface area contributed by atoms with Crippen molar-refractivity contribution in [3.63, 3.8) is 0 Å². The molecule has 0 aliphatic heterocycles. The molecule has 1 heterocycles. The smallest absolute Gasteiger partial charge is 0.129 e. The Morgan fingerprint density at radius 1 is 1.22 bits per heavy atom. The number of aromatic nitrogens is 1. The Morgan fingerprint density at radius 2 is 1.96 bits per heavy atom. The van der Waals surface area contributed by atoms with Crippen LogP contribution in [0.4, 0.5) is 0 Å². The molecular weight excluding hydrogens is 423 g/mol. The van der Waals surface area contributed by atoms with Gasteiger partial charge in [-0.05, 0) is 72.2 Å². The van der Waals surface area contributed by atoms with Crippen LogP contribution in [0.1, 0.15) is 37.0 Å². The van der Waals surface area contributed by atoms with Crippen molar-refractivity contribution < 1.29 is 5.11 Å². The molecule has 0 amide bonds. The van der Waals surface area contributed by atoms with Crippen molar-refractivity contribution in [3.8, 4) is 0 Å². The van der Waals surface area contributed by atoms with Gasteiger partial charge in [0.1, 0.15) is 5.15 Å². The molecule has 0 aliphatic carbocycles. The zero-order chi connectivity index (χ0) is 16.7. The molecule has 124 valence electrons. The molecule has 0 saturated heterocycles. The van der Waals surface area contributed by atoms with Gasteiger partial charge in [-0.2, -0.15) is 0 Å². The molecule has 0 saturated carbocycles. The highest BCUT2D eigenvalue weighted by atomic mass is 127. The minimum Gasteiger partial charge on any atom is -0.387 e. The molecule has 1 aromatic carbocycles. The Kier molecular flexibility index (Phi) is 7.76. The van der Waals surface area contributed by atoms with Gasteiger partial charge < -0.3 is 10.4 Å². The van der Waals surface area contributed by atoms with E-state index in [1.165, 1.54) is 9.13 Å². The molecule has 23 heavy (non-hydrogen) atoms. The van der Waals surface area contributed by atoms with Gasteiger partial charge in [0.25, 0.3) is 0 Å². The summed E-state index contributed by atoms with van der Waals surface area (Å²) in [6, 6.07) is 12.2. The Labute approximate surface area is 156 Å². The summed E-state index contributed by atoms with van der Waals surface area (Å²) in [7, 11) is 0. The van der Waals surface area contributed by atoms with Gasteiger partial charge in [0.2, 0.25) is 0 Å². The lowest BCUT2D eigenvalue weighted by atomic mass is 10.0. The van der Waals surface area contributed by atoms with Gasteiger partial charge >= 0.3 is 0 Å². The number of hydrogen-bond acceptors (Lipinski definition) is 3. The third-order valence-electron chi connectivity index (χ3n) is 3.87. The molecule has 0 spiro atoms. The van der Waals surface area contributed by atoms with Gasteiger partial charge in [0, 0.05) is 21.4 Å². The van der Waals surface area contributed by atoms with Crippen molar-refractivity contribution >= 4 is 34.2 Å². The van der Waals surface area contributed by atoms with Crippen molar-refractivity contribution in [2.24, 2.45) is 0 Å². The average molecular weight is 445 g/mol. The lowest BCUT2D eigenvalue weighted by Crippen LogP contribution is -2.35. The van der Waals surface area contributed by atoms with E-state index in [-0.39, 0.29) is 6.04 Å².